The van der Waals surface area contributed by atoms with Gasteiger partial charge in [-0.3, -0.25) is 9.20 Å². The summed E-state index contributed by atoms with van der Waals surface area (Å²) in [5, 5.41) is 10.1. The molecule has 0 saturated carbocycles. The average molecular weight is 570 g/mol. The van der Waals surface area contributed by atoms with Gasteiger partial charge in [-0.15, -0.1) is 11.3 Å². The number of carbonyl (C=O) groups excluding carboxylic acids is 3. The minimum atomic E-state index is -3.60. The van der Waals surface area contributed by atoms with Crippen molar-refractivity contribution in [1.29, 1.82) is 0 Å². The lowest BCUT2D eigenvalue weighted by Crippen LogP contribution is -2.63. The first-order valence-electron chi connectivity index (χ1n) is 12.3. The summed E-state index contributed by atoms with van der Waals surface area (Å²) in [5.41, 5.74) is 0.438. The number of aliphatic hydroxyl groups is 1. The summed E-state index contributed by atoms with van der Waals surface area (Å²) in [6, 6.07) is -0.492. The normalized spacial score (nSPS) is 22.7. The van der Waals surface area contributed by atoms with E-state index in [0.717, 1.165) is 30.4 Å². The quantitative estimate of drug-likeness (QED) is 0.195. The topological polar surface area (TPSA) is 154 Å². The van der Waals surface area contributed by atoms with Gasteiger partial charge in [0.15, 0.2) is 14.9 Å². The minimum Gasteiger partial charge on any atom is -0.434 e. The highest BCUT2D eigenvalue weighted by Gasteiger charge is 2.60. The molecule has 0 aliphatic carbocycles. The van der Waals surface area contributed by atoms with Crippen molar-refractivity contribution in [2.75, 3.05) is 12.9 Å². The van der Waals surface area contributed by atoms with Crippen molar-refractivity contribution in [2.24, 2.45) is 11.8 Å². The third-order valence-corrected chi connectivity index (χ3v) is 8.94. The molecule has 0 bridgehead atoms. The minimum absolute atomic E-state index is 0.0328. The highest BCUT2D eigenvalue weighted by Crippen LogP contribution is 2.52. The molecular weight excluding hydrogens is 538 g/mol. The molecule has 2 aromatic heterocycles. The monoisotopic (exact) mass is 569 g/mol. The lowest BCUT2D eigenvalue weighted by atomic mass is 9.77. The van der Waals surface area contributed by atoms with Gasteiger partial charge in [-0.05, 0) is 13.3 Å². The van der Waals surface area contributed by atoms with Crippen LogP contribution in [-0.4, -0.2) is 77.1 Å². The maximum atomic E-state index is 13.4. The number of thiazole rings is 1. The number of amides is 1. The molecule has 12 nitrogen and oxygen atoms in total. The van der Waals surface area contributed by atoms with E-state index in [2.05, 4.69) is 4.98 Å². The summed E-state index contributed by atoms with van der Waals surface area (Å²) in [6.07, 6.45) is 3.39. The van der Waals surface area contributed by atoms with E-state index < -0.39 is 52.2 Å². The molecule has 4 rings (SSSR count). The first kappa shape index (κ1) is 28.0. The van der Waals surface area contributed by atoms with Crippen LogP contribution in [-0.2, 0) is 33.6 Å². The Balaban J connectivity index is 1.64. The summed E-state index contributed by atoms with van der Waals surface area (Å²) in [5.74, 6) is -2.41. The number of rotatable bonds is 10. The lowest BCUT2D eigenvalue weighted by molar-refractivity contribution is -0.173. The van der Waals surface area contributed by atoms with Gasteiger partial charge in [0.2, 0.25) is 12.2 Å². The summed E-state index contributed by atoms with van der Waals surface area (Å²) in [7, 11) is -3.60. The Hall–Kier alpha value is -2.97. The fraction of sp³-hybridized carbons (Fsp3) is 0.583. The number of imidazole rings is 1. The smallest absolute Gasteiger partial charge is 0.434 e. The Bertz CT molecular complexity index is 1390. The van der Waals surface area contributed by atoms with Crippen LogP contribution in [0.25, 0.3) is 10.4 Å². The molecule has 2 aliphatic heterocycles. The molecule has 2 aromatic rings. The van der Waals surface area contributed by atoms with Gasteiger partial charge in [0.1, 0.15) is 16.9 Å². The van der Waals surface area contributed by atoms with Crippen molar-refractivity contribution in [3.63, 3.8) is 0 Å². The molecular formula is C24H31N3O9S2. The summed E-state index contributed by atoms with van der Waals surface area (Å²) in [4.78, 5) is 44.5. The molecule has 2 aliphatic rings. The number of ether oxygens (including phenoxy) is 3. The Labute approximate surface area is 224 Å². The van der Waals surface area contributed by atoms with Crippen molar-refractivity contribution in [1.82, 2.24) is 14.3 Å². The van der Waals surface area contributed by atoms with Crippen molar-refractivity contribution in [3.8, 4) is 0 Å². The number of aliphatic hydroxyl groups excluding tert-OH is 1. The zero-order valence-electron chi connectivity index (χ0n) is 21.7. The predicted octanol–water partition coefficient (Wildman–Crippen LogP) is 2.60. The van der Waals surface area contributed by atoms with Crippen LogP contribution in [0, 0.1) is 11.8 Å². The zero-order valence-corrected chi connectivity index (χ0v) is 23.4. The van der Waals surface area contributed by atoms with Gasteiger partial charge >= 0.3 is 12.1 Å². The highest BCUT2D eigenvalue weighted by molar-refractivity contribution is 7.91. The van der Waals surface area contributed by atoms with Crippen molar-refractivity contribution in [2.45, 2.75) is 70.4 Å². The summed E-state index contributed by atoms with van der Waals surface area (Å²) in [6.45, 7) is 6.90. The number of β-lactam (4-membered cyclic amide) rings is 1. The molecule has 1 unspecified atom stereocenters. The number of sulfone groups is 1. The van der Waals surface area contributed by atoms with Crippen LogP contribution in [0.5, 0.6) is 0 Å². The number of hydrogen-bond donors (Lipinski definition) is 1. The first-order valence-corrected chi connectivity index (χ1v) is 15.0. The fourth-order valence-electron chi connectivity index (χ4n) is 4.95. The van der Waals surface area contributed by atoms with Crippen molar-refractivity contribution in [3.05, 3.63) is 23.1 Å². The second-order valence-electron chi connectivity index (χ2n) is 9.54. The maximum Gasteiger partial charge on any atom is 0.511 e. The molecule has 1 saturated heterocycles. The van der Waals surface area contributed by atoms with E-state index >= 15 is 0 Å². The third kappa shape index (κ3) is 5.04. The van der Waals surface area contributed by atoms with Crippen LogP contribution in [0.15, 0.2) is 23.2 Å². The van der Waals surface area contributed by atoms with E-state index in [9.17, 15) is 27.9 Å². The summed E-state index contributed by atoms with van der Waals surface area (Å²) >= 11 is 1.11. The van der Waals surface area contributed by atoms with Crippen LogP contribution in [0.1, 0.15) is 51.8 Å². The van der Waals surface area contributed by atoms with Gasteiger partial charge in [0.25, 0.3) is 0 Å². The highest BCUT2D eigenvalue weighted by atomic mass is 32.2. The lowest BCUT2D eigenvalue weighted by Gasteiger charge is -2.46. The molecule has 0 radical (unpaired) electrons. The van der Waals surface area contributed by atoms with Gasteiger partial charge < -0.3 is 24.2 Å². The molecule has 1 fully saturated rings. The molecule has 1 amide bonds. The SMILES string of the molecule is CCCCCOC(=O)OC(C)OC(=O)C1=C(c2cn3cnc(S(C)(=O)=O)c3s2)[C@H](C)[C@@H]2[C@@H]([C@@H](C)O)C(=O)N12. The standard InChI is InChI=1S/C24H31N3O9S2/c1-6-7-8-9-34-24(31)36-14(4)35-23(30)19-16(12(2)18-17(13(3)28)21(29)27(18)19)15-10-26-11-25-20(22(26)37-15)38(5,32)33/h10-14,17-18,28H,6-9H2,1-5H3/t12-,13+,14?,17+,18+/m0/s1. The Morgan fingerprint density at radius 2 is 1.95 bits per heavy atom. The number of esters is 1. The van der Waals surface area contributed by atoms with E-state index in [1.54, 1.807) is 10.6 Å². The van der Waals surface area contributed by atoms with Crippen LogP contribution < -0.4 is 0 Å². The molecule has 0 spiro atoms. The molecule has 5 atom stereocenters. The number of unbranched alkanes of at least 4 members (excludes halogenated alkanes) is 2. The molecule has 208 valence electrons. The number of nitrogens with zero attached hydrogens (tertiary/aromatic N) is 3. The second-order valence-corrected chi connectivity index (χ2v) is 12.5. The first-order chi connectivity index (χ1) is 17.9. The van der Waals surface area contributed by atoms with Crippen LogP contribution >= 0.6 is 11.3 Å². The molecule has 1 N–H and O–H groups in total. The van der Waals surface area contributed by atoms with Gasteiger partial charge in [-0.1, -0.05) is 26.7 Å². The number of hydrogen-bond acceptors (Lipinski definition) is 11. The van der Waals surface area contributed by atoms with E-state index in [0.29, 0.717) is 21.7 Å². The van der Waals surface area contributed by atoms with Crippen molar-refractivity contribution >= 4 is 49.6 Å². The van der Waals surface area contributed by atoms with E-state index in [-0.39, 0.29) is 23.2 Å². The second kappa shape index (κ2) is 10.7. The predicted molar refractivity (Wildman–Crippen MR) is 136 cm³/mol. The van der Waals surface area contributed by atoms with E-state index in [1.165, 1.54) is 25.1 Å². The van der Waals surface area contributed by atoms with Gasteiger partial charge in [0, 0.05) is 30.9 Å². The molecule has 0 aromatic carbocycles. The van der Waals surface area contributed by atoms with Gasteiger partial charge in [-0.25, -0.2) is 23.0 Å². The van der Waals surface area contributed by atoms with Crippen molar-refractivity contribution < 1.29 is 42.1 Å². The Morgan fingerprint density at radius 1 is 1.24 bits per heavy atom. The largest absolute Gasteiger partial charge is 0.511 e. The summed E-state index contributed by atoms with van der Waals surface area (Å²) < 4.78 is 41.3. The Morgan fingerprint density at radius 3 is 2.58 bits per heavy atom. The van der Waals surface area contributed by atoms with Crippen LogP contribution in [0.3, 0.4) is 0 Å². The molecule has 4 heterocycles. The fourth-order valence-corrected chi connectivity index (χ4v) is 7.30. The number of fused-ring (bicyclic) bond motifs is 2. The third-order valence-electron chi connectivity index (χ3n) is 6.66. The number of aromatic nitrogens is 2. The van der Waals surface area contributed by atoms with E-state index in [4.69, 9.17) is 14.2 Å². The average Bonchev–Trinajstić information content (AvgIpc) is 3.45. The maximum absolute atomic E-state index is 13.4. The Kier molecular flexibility index (Phi) is 7.86. The van der Waals surface area contributed by atoms with Gasteiger partial charge in [0.05, 0.1) is 29.5 Å². The molecule has 14 heteroatoms. The van der Waals surface area contributed by atoms with Crippen LogP contribution in [0.4, 0.5) is 4.79 Å². The zero-order chi connectivity index (χ0) is 27.9. The number of carbonyl (C=O) groups is 3. The van der Waals surface area contributed by atoms with Crippen LogP contribution in [0.2, 0.25) is 0 Å². The van der Waals surface area contributed by atoms with Gasteiger partial charge in [-0.2, -0.15) is 0 Å². The molecule has 38 heavy (non-hydrogen) atoms. The van der Waals surface area contributed by atoms with E-state index in [1.807, 2.05) is 13.8 Å².